The number of hydrogen-bond donors (Lipinski definition) is 1. The monoisotopic (exact) mass is 220 g/mol. The van der Waals surface area contributed by atoms with Crippen LogP contribution in [0.3, 0.4) is 0 Å². The summed E-state index contributed by atoms with van der Waals surface area (Å²) in [4.78, 5) is 4.38. The Morgan fingerprint density at radius 1 is 1.25 bits per heavy atom. The average molecular weight is 220 g/mol. The van der Waals surface area contributed by atoms with E-state index in [0.717, 1.165) is 19.5 Å². The van der Waals surface area contributed by atoms with Crippen molar-refractivity contribution < 1.29 is 0 Å². The molecule has 2 unspecified atom stereocenters. The Bertz CT molecular complexity index is 271. The molecule has 1 heterocycles. The Hall–Kier alpha value is -0.890. The predicted octanol–water partition coefficient (Wildman–Crippen LogP) is 2.90. The highest BCUT2D eigenvalue weighted by Gasteiger charge is 2.12. The van der Waals surface area contributed by atoms with Crippen molar-refractivity contribution in [2.45, 2.75) is 33.6 Å². The fourth-order valence-electron chi connectivity index (χ4n) is 1.76. The average Bonchev–Trinajstić information content (AvgIpc) is 2.30. The van der Waals surface area contributed by atoms with Gasteiger partial charge in [-0.05, 0) is 49.9 Å². The Morgan fingerprint density at radius 3 is 2.69 bits per heavy atom. The molecule has 1 aromatic rings. The number of nitrogens with one attached hydrogen (secondary N) is 1. The van der Waals surface area contributed by atoms with Crippen molar-refractivity contribution in [1.29, 1.82) is 0 Å². The molecule has 1 N–H and O–H groups in total. The van der Waals surface area contributed by atoms with Crippen molar-refractivity contribution >= 4 is 0 Å². The van der Waals surface area contributed by atoms with Crippen molar-refractivity contribution in [3.8, 4) is 0 Å². The van der Waals surface area contributed by atoms with Crippen LogP contribution in [0, 0.1) is 11.8 Å². The molecule has 0 radical (unpaired) electrons. The summed E-state index contributed by atoms with van der Waals surface area (Å²) in [6.45, 7) is 9.07. The number of hydrogen-bond acceptors (Lipinski definition) is 2. The van der Waals surface area contributed by atoms with E-state index in [4.69, 9.17) is 0 Å². The molecule has 0 spiro atoms. The van der Waals surface area contributed by atoms with E-state index < -0.39 is 0 Å². The molecule has 0 amide bonds. The highest BCUT2D eigenvalue weighted by molar-refractivity contribution is 5.04. The predicted molar refractivity (Wildman–Crippen MR) is 69.4 cm³/mol. The molecule has 0 fully saturated rings. The van der Waals surface area contributed by atoms with Crippen molar-refractivity contribution in [2.75, 3.05) is 13.1 Å². The van der Waals surface area contributed by atoms with Gasteiger partial charge in [-0.3, -0.25) is 4.98 Å². The number of nitrogens with zero attached hydrogens (tertiary/aromatic N) is 1. The van der Waals surface area contributed by atoms with Crippen LogP contribution >= 0.6 is 0 Å². The lowest BCUT2D eigenvalue weighted by atomic mass is 9.91. The largest absolute Gasteiger partial charge is 0.316 e. The molecule has 0 saturated heterocycles. The van der Waals surface area contributed by atoms with Crippen LogP contribution in [-0.2, 0) is 6.42 Å². The molecule has 0 aliphatic carbocycles. The van der Waals surface area contributed by atoms with E-state index in [2.05, 4.69) is 43.2 Å². The summed E-state index contributed by atoms with van der Waals surface area (Å²) in [6.07, 6.45) is 4.17. The van der Waals surface area contributed by atoms with E-state index in [0.29, 0.717) is 11.8 Å². The SMILES string of the molecule is CCCNCC(C)C(C)Cc1ccccn1. The zero-order valence-electron chi connectivity index (χ0n) is 10.7. The maximum absolute atomic E-state index is 4.38. The molecule has 2 atom stereocenters. The third kappa shape index (κ3) is 4.75. The molecule has 0 aliphatic heterocycles. The summed E-state index contributed by atoms with van der Waals surface area (Å²) < 4.78 is 0. The minimum absolute atomic E-state index is 0.680. The van der Waals surface area contributed by atoms with Gasteiger partial charge in [-0.1, -0.05) is 26.8 Å². The highest BCUT2D eigenvalue weighted by Crippen LogP contribution is 2.15. The highest BCUT2D eigenvalue weighted by atomic mass is 14.8. The lowest BCUT2D eigenvalue weighted by Crippen LogP contribution is -2.26. The Morgan fingerprint density at radius 2 is 2.06 bits per heavy atom. The quantitative estimate of drug-likeness (QED) is 0.715. The lowest BCUT2D eigenvalue weighted by molar-refractivity contribution is 0.363. The van der Waals surface area contributed by atoms with Crippen LogP contribution in [0.4, 0.5) is 0 Å². The first-order valence-corrected chi connectivity index (χ1v) is 6.34. The van der Waals surface area contributed by atoms with Crippen molar-refractivity contribution in [1.82, 2.24) is 10.3 Å². The van der Waals surface area contributed by atoms with Gasteiger partial charge in [0.05, 0.1) is 0 Å². The van der Waals surface area contributed by atoms with Crippen LogP contribution in [0.2, 0.25) is 0 Å². The zero-order chi connectivity index (χ0) is 11.8. The molecule has 0 bridgehead atoms. The zero-order valence-corrected chi connectivity index (χ0v) is 10.7. The summed E-state index contributed by atoms with van der Waals surface area (Å²) in [5, 5.41) is 3.48. The normalized spacial score (nSPS) is 14.7. The van der Waals surface area contributed by atoms with E-state index in [-0.39, 0.29) is 0 Å². The van der Waals surface area contributed by atoms with Crippen LogP contribution in [0.5, 0.6) is 0 Å². The first kappa shape index (κ1) is 13.2. The van der Waals surface area contributed by atoms with Crippen molar-refractivity contribution in [3.63, 3.8) is 0 Å². The van der Waals surface area contributed by atoms with Gasteiger partial charge in [0, 0.05) is 11.9 Å². The maximum Gasteiger partial charge on any atom is 0.0406 e. The number of aromatic nitrogens is 1. The molecule has 0 aromatic carbocycles. The third-order valence-electron chi connectivity index (χ3n) is 3.12. The second kappa shape index (κ2) is 7.39. The van der Waals surface area contributed by atoms with E-state index in [1.54, 1.807) is 0 Å². The molecular formula is C14H24N2. The molecule has 0 aliphatic rings. The fraction of sp³-hybridized carbons (Fsp3) is 0.643. The van der Waals surface area contributed by atoms with Gasteiger partial charge in [-0.15, -0.1) is 0 Å². The van der Waals surface area contributed by atoms with Crippen molar-refractivity contribution in [3.05, 3.63) is 30.1 Å². The number of rotatable bonds is 7. The van der Waals surface area contributed by atoms with Gasteiger partial charge >= 0.3 is 0 Å². The van der Waals surface area contributed by atoms with Crippen LogP contribution in [0.1, 0.15) is 32.9 Å². The molecule has 1 aromatic heterocycles. The van der Waals surface area contributed by atoms with E-state index in [9.17, 15) is 0 Å². The topological polar surface area (TPSA) is 24.9 Å². The number of pyridine rings is 1. The third-order valence-corrected chi connectivity index (χ3v) is 3.12. The molecule has 2 nitrogen and oxygen atoms in total. The molecule has 1 rings (SSSR count). The standard InChI is InChI=1S/C14H24N2/c1-4-8-15-11-13(3)12(2)10-14-7-5-6-9-16-14/h5-7,9,12-13,15H,4,8,10-11H2,1-3H3. The van der Waals surface area contributed by atoms with Crippen molar-refractivity contribution in [2.24, 2.45) is 11.8 Å². The second-order valence-electron chi connectivity index (χ2n) is 4.68. The van der Waals surface area contributed by atoms with Gasteiger partial charge in [0.2, 0.25) is 0 Å². The maximum atomic E-state index is 4.38. The van der Waals surface area contributed by atoms with Gasteiger partial charge in [0.15, 0.2) is 0 Å². The van der Waals surface area contributed by atoms with E-state index in [1.165, 1.54) is 12.1 Å². The van der Waals surface area contributed by atoms with Crippen LogP contribution in [0.15, 0.2) is 24.4 Å². The summed E-state index contributed by atoms with van der Waals surface area (Å²) in [5.41, 5.74) is 1.21. The van der Waals surface area contributed by atoms with Crippen LogP contribution in [-0.4, -0.2) is 18.1 Å². The van der Waals surface area contributed by atoms with E-state index in [1.807, 2.05) is 12.3 Å². The summed E-state index contributed by atoms with van der Waals surface area (Å²) in [6, 6.07) is 6.15. The first-order chi connectivity index (χ1) is 7.74. The van der Waals surface area contributed by atoms with Gasteiger partial charge < -0.3 is 5.32 Å². The summed E-state index contributed by atoms with van der Waals surface area (Å²) >= 11 is 0. The lowest BCUT2D eigenvalue weighted by Gasteiger charge is -2.20. The Labute approximate surface area is 99.5 Å². The Balaban J connectivity index is 2.31. The molecule has 16 heavy (non-hydrogen) atoms. The van der Waals surface area contributed by atoms with E-state index >= 15 is 0 Å². The van der Waals surface area contributed by atoms with Gasteiger partial charge in [-0.25, -0.2) is 0 Å². The van der Waals surface area contributed by atoms with Gasteiger partial charge in [0.25, 0.3) is 0 Å². The summed E-state index contributed by atoms with van der Waals surface area (Å²) in [7, 11) is 0. The van der Waals surface area contributed by atoms with Gasteiger partial charge in [-0.2, -0.15) is 0 Å². The van der Waals surface area contributed by atoms with Crippen LogP contribution < -0.4 is 5.32 Å². The van der Waals surface area contributed by atoms with Crippen LogP contribution in [0.25, 0.3) is 0 Å². The Kier molecular flexibility index (Phi) is 6.09. The molecular weight excluding hydrogens is 196 g/mol. The molecule has 0 saturated carbocycles. The molecule has 2 heteroatoms. The smallest absolute Gasteiger partial charge is 0.0406 e. The van der Waals surface area contributed by atoms with Gasteiger partial charge in [0.1, 0.15) is 0 Å². The second-order valence-corrected chi connectivity index (χ2v) is 4.68. The minimum atomic E-state index is 0.680. The minimum Gasteiger partial charge on any atom is -0.316 e. The first-order valence-electron chi connectivity index (χ1n) is 6.34. The molecule has 90 valence electrons. The fourth-order valence-corrected chi connectivity index (χ4v) is 1.76. The summed E-state index contributed by atoms with van der Waals surface area (Å²) in [5.74, 6) is 1.38.